The Balaban J connectivity index is 2.30. The summed E-state index contributed by atoms with van der Waals surface area (Å²) in [6.45, 7) is 3.91. The zero-order chi connectivity index (χ0) is 32.8. The van der Waals surface area contributed by atoms with Crippen LogP contribution in [0.25, 0.3) is 0 Å². The molecule has 0 heterocycles. The summed E-state index contributed by atoms with van der Waals surface area (Å²) in [6, 6.07) is 7.44. The predicted molar refractivity (Wildman–Crippen MR) is 164 cm³/mol. The number of rotatable bonds is 17. The van der Waals surface area contributed by atoms with Crippen LogP contribution in [0.4, 0.5) is 0 Å². The molecule has 12 N–H and O–H groups in total. The number of aliphatic carboxylic acids is 1. The van der Waals surface area contributed by atoms with Gasteiger partial charge in [0.1, 0.15) is 29.6 Å². The smallest absolute Gasteiger partial charge is 0.326 e. The van der Waals surface area contributed by atoms with Gasteiger partial charge >= 0.3 is 5.97 Å². The Kier molecular flexibility index (Phi) is 13.9. The molecule has 0 aliphatic carbocycles. The lowest BCUT2D eigenvalue weighted by Gasteiger charge is -2.26. The summed E-state index contributed by atoms with van der Waals surface area (Å²) < 4.78 is 0. The summed E-state index contributed by atoms with van der Waals surface area (Å²) in [4.78, 5) is 55.7. The number of hydrogen-bond donors (Lipinski definition) is 9. The summed E-state index contributed by atoms with van der Waals surface area (Å²) in [5.41, 5.74) is 17.9. The third-order valence-electron chi connectivity index (χ3n) is 6.64. The van der Waals surface area contributed by atoms with Crippen molar-refractivity contribution in [3.05, 3.63) is 59.7 Å². The number of aliphatic imine (C=N–C) groups is 1. The second-order valence-electron chi connectivity index (χ2n) is 10.9. The number of phenols is 2. The van der Waals surface area contributed by atoms with E-state index in [4.69, 9.17) is 17.2 Å². The van der Waals surface area contributed by atoms with Crippen LogP contribution < -0.4 is 33.2 Å². The topological polar surface area (TPSA) is 255 Å². The molecule has 0 spiro atoms. The Morgan fingerprint density at radius 3 is 1.59 bits per heavy atom. The van der Waals surface area contributed by atoms with E-state index in [1.807, 2.05) is 13.8 Å². The number of guanidine groups is 1. The molecule has 2 aromatic carbocycles. The van der Waals surface area contributed by atoms with Gasteiger partial charge in [-0.05, 0) is 60.6 Å². The minimum absolute atomic E-state index is 0.00276. The highest BCUT2D eigenvalue weighted by molar-refractivity contribution is 5.94. The van der Waals surface area contributed by atoms with Gasteiger partial charge in [0.2, 0.25) is 17.7 Å². The molecule has 2 rings (SSSR count). The number of aromatic hydroxyl groups is 2. The number of hydrogen-bond acceptors (Lipinski definition) is 8. The Hall–Kier alpha value is -4.85. The highest BCUT2D eigenvalue weighted by Crippen LogP contribution is 2.14. The average molecular weight is 614 g/mol. The number of carbonyl (C=O) groups excluding carboxylic acids is 3. The van der Waals surface area contributed by atoms with Gasteiger partial charge in [0.15, 0.2) is 5.96 Å². The molecule has 0 fully saturated rings. The number of phenolic OH excluding ortho intramolecular Hbond substituents is 2. The quantitative estimate of drug-likeness (QED) is 0.0647. The molecule has 0 saturated carbocycles. The molecule has 0 saturated heterocycles. The second kappa shape index (κ2) is 17.3. The summed E-state index contributed by atoms with van der Waals surface area (Å²) in [7, 11) is 0. The predicted octanol–water partition coefficient (Wildman–Crippen LogP) is -0.151. The van der Waals surface area contributed by atoms with E-state index in [-0.39, 0.29) is 55.6 Å². The maximum Gasteiger partial charge on any atom is 0.326 e. The molecule has 0 aliphatic heterocycles. The minimum atomic E-state index is -1.23. The molecule has 14 nitrogen and oxygen atoms in total. The fraction of sp³-hybridized carbons (Fsp3) is 0.433. The number of amides is 3. The van der Waals surface area contributed by atoms with Crippen molar-refractivity contribution in [3.8, 4) is 11.5 Å². The first-order valence-electron chi connectivity index (χ1n) is 14.3. The molecule has 240 valence electrons. The first-order chi connectivity index (χ1) is 20.7. The Labute approximate surface area is 256 Å². The van der Waals surface area contributed by atoms with Gasteiger partial charge in [-0.3, -0.25) is 19.4 Å². The molecule has 14 heteroatoms. The number of carboxylic acids is 1. The maximum atomic E-state index is 13.7. The van der Waals surface area contributed by atoms with Crippen molar-refractivity contribution >= 4 is 29.7 Å². The lowest BCUT2D eigenvalue weighted by Crippen LogP contribution is -2.58. The van der Waals surface area contributed by atoms with Crippen molar-refractivity contribution in [3.63, 3.8) is 0 Å². The zero-order valence-electron chi connectivity index (χ0n) is 24.9. The number of nitrogens with one attached hydrogen (secondary N) is 3. The van der Waals surface area contributed by atoms with E-state index in [0.29, 0.717) is 17.5 Å². The van der Waals surface area contributed by atoms with Crippen LogP contribution in [-0.2, 0) is 32.0 Å². The van der Waals surface area contributed by atoms with E-state index in [1.54, 1.807) is 24.3 Å². The van der Waals surface area contributed by atoms with Crippen LogP contribution >= 0.6 is 0 Å². The number of benzene rings is 2. The molecule has 0 aliphatic rings. The normalized spacial score (nSPS) is 13.6. The lowest BCUT2D eigenvalue weighted by atomic mass is 10.00. The van der Waals surface area contributed by atoms with E-state index < -0.39 is 47.9 Å². The Bertz CT molecular complexity index is 1280. The zero-order valence-corrected chi connectivity index (χ0v) is 24.9. The van der Waals surface area contributed by atoms with Gasteiger partial charge in [0.05, 0.1) is 6.04 Å². The summed E-state index contributed by atoms with van der Waals surface area (Å²) >= 11 is 0. The highest BCUT2D eigenvalue weighted by atomic mass is 16.4. The SMILES string of the molecule is CC(C)CC(NC(=O)C(Cc1ccc(O)cc1)NC(=O)C(Cc1ccc(O)cc1)NC(=O)C(N)CCCN=C(N)N)C(=O)O. The number of carbonyl (C=O) groups is 4. The van der Waals surface area contributed by atoms with Crippen molar-refractivity contribution in [2.24, 2.45) is 28.1 Å². The van der Waals surface area contributed by atoms with Crippen LogP contribution in [0.5, 0.6) is 11.5 Å². The van der Waals surface area contributed by atoms with Crippen LogP contribution in [0.1, 0.15) is 44.2 Å². The van der Waals surface area contributed by atoms with E-state index in [2.05, 4.69) is 20.9 Å². The lowest BCUT2D eigenvalue weighted by molar-refractivity contribution is -0.142. The molecule has 0 aromatic heterocycles. The molecular formula is C30H43N7O7. The van der Waals surface area contributed by atoms with Gasteiger partial charge < -0.3 is 48.5 Å². The van der Waals surface area contributed by atoms with Crippen molar-refractivity contribution in [1.82, 2.24) is 16.0 Å². The van der Waals surface area contributed by atoms with E-state index >= 15 is 0 Å². The van der Waals surface area contributed by atoms with Crippen LogP contribution in [0.15, 0.2) is 53.5 Å². The fourth-order valence-electron chi connectivity index (χ4n) is 4.32. The summed E-state index contributed by atoms with van der Waals surface area (Å²) in [6.07, 6.45) is 0.778. The van der Waals surface area contributed by atoms with Crippen LogP contribution in [0, 0.1) is 5.92 Å². The van der Waals surface area contributed by atoms with Gasteiger partial charge in [-0.15, -0.1) is 0 Å². The standard InChI is InChI=1S/C30H43N7O7/c1-17(2)14-25(29(43)44)37-28(42)24(16-19-7-11-21(39)12-8-19)36-27(41)23(15-18-5-9-20(38)10-6-18)35-26(40)22(31)4-3-13-34-30(32)33/h5-12,17,22-25,38-39H,3-4,13-16,31H2,1-2H3,(H,35,40)(H,36,41)(H,37,42)(H,43,44)(H4,32,33,34). The van der Waals surface area contributed by atoms with Crippen molar-refractivity contribution in [1.29, 1.82) is 0 Å². The molecule has 4 unspecified atom stereocenters. The van der Waals surface area contributed by atoms with Gasteiger partial charge in [-0.1, -0.05) is 38.1 Å². The Morgan fingerprint density at radius 1 is 0.750 bits per heavy atom. The second-order valence-corrected chi connectivity index (χ2v) is 10.9. The fourth-order valence-corrected chi connectivity index (χ4v) is 4.32. The van der Waals surface area contributed by atoms with Gasteiger partial charge in [-0.2, -0.15) is 0 Å². The average Bonchev–Trinajstić information content (AvgIpc) is 2.95. The van der Waals surface area contributed by atoms with Crippen molar-refractivity contribution < 1.29 is 34.5 Å². The van der Waals surface area contributed by atoms with Crippen molar-refractivity contribution in [2.75, 3.05) is 6.54 Å². The first-order valence-corrected chi connectivity index (χ1v) is 14.3. The van der Waals surface area contributed by atoms with E-state index in [0.717, 1.165) is 0 Å². The maximum absolute atomic E-state index is 13.7. The van der Waals surface area contributed by atoms with Crippen LogP contribution in [0.2, 0.25) is 0 Å². The first kappa shape index (κ1) is 35.3. The summed E-state index contributed by atoms with van der Waals surface area (Å²) in [5.74, 6) is -3.37. The van der Waals surface area contributed by atoms with Gasteiger partial charge in [0.25, 0.3) is 0 Å². The molecular weight excluding hydrogens is 570 g/mol. The molecule has 44 heavy (non-hydrogen) atoms. The monoisotopic (exact) mass is 613 g/mol. The van der Waals surface area contributed by atoms with Crippen LogP contribution in [-0.4, -0.2) is 75.7 Å². The third-order valence-corrected chi connectivity index (χ3v) is 6.64. The Morgan fingerprint density at radius 2 is 1.18 bits per heavy atom. The number of nitrogens with zero attached hydrogens (tertiary/aromatic N) is 1. The van der Waals surface area contributed by atoms with Gasteiger partial charge in [0, 0.05) is 19.4 Å². The van der Waals surface area contributed by atoms with Crippen LogP contribution in [0.3, 0.4) is 0 Å². The molecule has 2 aromatic rings. The third kappa shape index (κ3) is 12.6. The van der Waals surface area contributed by atoms with E-state index in [1.165, 1.54) is 24.3 Å². The highest BCUT2D eigenvalue weighted by Gasteiger charge is 2.31. The van der Waals surface area contributed by atoms with Crippen molar-refractivity contribution in [2.45, 2.75) is 70.1 Å². The number of carboxylic acid groups (broad SMARTS) is 1. The summed E-state index contributed by atoms with van der Waals surface area (Å²) in [5, 5.41) is 36.8. The van der Waals surface area contributed by atoms with Gasteiger partial charge in [-0.25, -0.2) is 4.79 Å². The van der Waals surface area contributed by atoms with E-state index in [9.17, 15) is 34.5 Å². The molecule has 4 atom stereocenters. The minimum Gasteiger partial charge on any atom is -0.508 e. The molecule has 3 amide bonds. The molecule has 0 radical (unpaired) electrons. The largest absolute Gasteiger partial charge is 0.508 e. The number of nitrogens with two attached hydrogens (primary N) is 3. The molecule has 0 bridgehead atoms.